The Morgan fingerprint density at radius 1 is 0.639 bits per heavy atom. The van der Waals surface area contributed by atoms with Crippen LogP contribution in [-0.2, 0) is 25.7 Å². The van der Waals surface area contributed by atoms with Crippen molar-refractivity contribution in [3.63, 3.8) is 0 Å². The molecule has 6 rings (SSSR count). The number of methoxy groups -OCH3 is 3. The Labute approximate surface area is 210 Å². The lowest BCUT2D eigenvalue weighted by Crippen LogP contribution is -2.07. The largest absolute Gasteiger partial charge is 0.504 e. The Hall–Kier alpha value is -4.12. The Morgan fingerprint density at radius 2 is 1.39 bits per heavy atom. The molecule has 0 spiro atoms. The van der Waals surface area contributed by atoms with Gasteiger partial charge in [0.15, 0.2) is 23.0 Å². The summed E-state index contributed by atoms with van der Waals surface area (Å²) >= 11 is 0. The number of phenols is 1. The molecule has 0 amide bonds. The van der Waals surface area contributed by atoms with Gasteiger partial charge in [-0.15, -0.1) is 0 Å². The van der Waals surface area contributed by atoms with Gasteiger partial charge in [0.25, 0.3) is 0 Å². The predicted octanol–water partition coefficient (Wildman–Crippen LogP) is 6.74. The summed E-state index contributed by atoms with van der Waals surface area (Å²) in [4.78, 5) is 0. The fraction of sp³-hybridized carbons (Fsp3) is 0.226. The van der Waals surface area contributed by atoms with E-state index >= 15 is 0 Å². The number of rotatable bonds is 3. The van der Waals surface area contributed by atoms with Crippen molar-refractivity contribution in [3.05, 3.63) is 82.9 Å². The number of fused-ring (bicyclic) bond motifs is 5. The lowest BCUT2D eigenvalue weighted by atomic mass is 9.82. The van der Waals surface area contributed by atoms with Gasteiger partial charge in [0.1, 0.15) is 11.5 Å². The summed E-state index contributed by atoms with van der Waals surface area (Å²) in [5, 5.41) is 11.2. The van der Waals surface area contributed by atoms with Crippen LogP contribution < -0.4 is 18.9 Å². The molecule has 4 aromatic rings. The number of hydrogen-bond donors (Lipinski definition) is 1. The van der Waals surface area contributed by atoms with Crippen molar-refractivity contribution in [1.29, 1.82) is 0 Å². The molecule has 1 aliphatic carbocycles. The summed E-state index contributed by atoms with van der Waals surface area (Å²) < 4.78 is 23.7. The van der Waals surface area contributed by atoms with Crippen molar-refractivity contribution in [2.45, 2.75) is 25.7 Å². The molecular weight excluding hydrogens is 452 g/mol. The predicted molar refractivity (Wildman–Crippen MR) is 140 cm³/mol. The van der Waals surface area contributed by atoms with Gasteiger partial charge in [0, 0.05) is 11.1 Å². The van der Waals surface area contributed by atoms with Crippen LogP contribution in [0.4, 0.5) is 0 Å². The minimum atomic E-state index is 0.154. The highest BCUT2D eigenvalue weighted by Gasteiger charge is 2.27. The first-order valence-electron chi connectivity index (χ1n) is 12.2. The summed E-state index contributed by atoms with van der Waals surface area (Å²) in [5.41, 5.74) is 8.53. The molecule has 4 bridgehead atoms. The number of benzene rings is 4. The maximum Gasteiger partial charge on any atom is 0.177 e. The van der Waals surface area contributed by atoms with Crippen LogP contribution in [0.15, 0.2) is 60.7 Å². The van der Waals surface area contributed by atoms with Crippen LogP contribution in [0.2, 0.25) is 0 Å². The molecule has 0 atom stereocenters. The highest BCUT2D eigenvalue weighted by molar-refractivity contribution is 5.87. The molecule has 1 aliphatic heterocycles. The molecule has 5 nitrogen and oxygen atoms in total. The standard InChI is InChI=1S/C31H28O5/c1-33-22-12-13-23-20(15-22)10-8-19-5-4-6-26(30(19)32)36-31-27(34-2)14-11-18-7-9-21-16-28(35-3)25(23)17-24(21)29(18)31/h4-6,11-17,32H,7-10H2,1-3H3. The van der Waals surface area contributed by atoms with Crippen molar-refractivity contribution >= 4 is 0 Å². The normalized spacial score (nSPS) is 13.3. The maximum atomic E-state index is 11.2. The Morgan fingerprint density at radius 3 is 2.17 bits per heavy atom. The number of aryl methyl sites for hydroxylation is 4. The first kappa shape index (κ1) is 22.4. The van der Waals surface area contributed by atoms with Gasteiger partial charge in [-0.3, -0.25) is 0 Å². The van der Waals surface area contributed by atoms with Crippen molar-refractivity contribution in [2.24, 2.45) is 0 Å². The van der Waals surface area contributed by atoms with Crippen molar-refractivity contribution in [1.82, 2.24) is 0 Å². The van der Waals surface area contributed by atoms with Crippen LogP contribution in [0.25, 0.3) is 22.3 Å². The number of ether oxygens (including phenoxy) is 4. The first-order chi connectivity index (χ1) is 17.6. The van der Waals surface area contributed by atoms with E-state index in [9.17, 15) is 5.11 Å². The molecule has 0 aromatic heterocycles. The molecule has 4 aromatic carbocycles. The number of phenolic OH excluding ortho intramolecular Hbond substituents is 1. The SMILES string of the molecule is COc1ccc2c(c1)CCc1cccc(c1O)Oc1c(OC)ccc3c1-c1cc-2c(OC)cc1CC3. The van der Waals surface area contributed by atoms with E-state index in [1.165, 1.54) is 11.1 Å². The van der Waals surface area contributed by atoms with Gasteiger partial charge in [-0.1, -0.05) is 24.3 Å². The molecule has 0 saturated heterocycles. The van der Waals surface area contributed by atoms with E-state index < -0.39 is 0 Å². The highest BCUT2D eigenvalue weighted by Crippen LogP contribution is 2.51. The lowest BCUT2D eigenvalue weighted by molar-refractivity contribution is 0.365. The molecule has 36 heavy (non-hydrogen) atoms. The van der Waals surface area contributed by atoms with Crippen molar-refractivity contribution < 1.29 is 24.1 Å². The zero-order valence-electron chi connectivity index (χ0n) is 20.7. The van der Waals surface area contributed by atoms with E-state index in [0.717, 1.165) is 57.7 Å². The fourth-order valence-corrected chi connectivity index (χ4v) is 5.48. The van der Waals surface area contributed by atoms with Gasteiger partial charge >= 0.3 is 0 Å². The topological polar surface area (TPSA) is 57.2 Å². The van der Waals surface area contributed by atoms with E-state index in [0.29, 0.717) is 30.1 Å². The minimum absolute atomic E-state index is 0.154. The van der Waals surface area contributed by atoms with E-state index in [4.69, 9.17) is 18.9 Å². The second-order valence-electron chi connectivity index (χ2n) is 9.23. The van der Waals surface area contributed by atoms with Crippen LogP contribution >= 0.6 is 0 Å². The molecule has 1 heterocycles. The van der Waals surface area contributed by atoms with Gasteiger partial charge in [-0.2, -0.15) is 0 Å². The van der Waals surface area contributed by atoms with E-state index in [1.54, 1.807) is 27.4 Å². The monoisotopic (exact) mass is 480 g/mol. The van der Waals surface area contributed by atoms with Gasteiger partial charge in [0.05, 0.1) is 21.3 Å². The zero-order chi connectivity index (χ0) is 24.8. The summed E-state index contributed by atoms with van der Waals surface area (Å²) in [6.45, 7) is 0. The molecule has 0 radical (unpaired) electrons. The van der Waals surface area contributed by atoms with Crippen LogP contribution in [0.3, 0.4) is 0 Å². The maximum absolute atomic E-state index is 11.2. The van der Waals surface area contributed by atoms with Gasteiger partial charge in [0.2, 0.25) is 0 Å². The average molecular weight is 481 g/mol. The van der Waals surface area contributed by atoms with Crippen LogP contribution in [0.1, 0.15) is 22.3 Å². The molecule has 0 saturated carbocycles. The molecule has 0 unspecified atom stereocenters. The zero-order valence-corrected chi connectivity index (χ0v) is 20.7. The average Bonchev–Trinajstić information content (AvgIpc) is 2.92. The highest BCUT2D eigenvalue weighted by atomic mass is 16.5. The van der Waals surface area contributed by atoms with Crippen LogP contribution in [0, 0.1) is 0 Å². The van der Waals surface area contributed by atoms with Crippen LogP contribution in [0.5, 0.6) is 34.5 Å². The van der Waals surface area contributed by atoms with E-state index in [1.807, 2.05) is 24.3 Å². The van der Waals surface area contributed by atoms with Crippen molar-refractivity contribution in [3.8, 4) is 56.8 Å². The van der Waals surface area contributed by atoms with Gasteiger partial charge in [-0.05, 0) is 95.5 Å². The summed E-state index contributed by atoms with van der Waals surface area (Å²) in [6, 6.07) is 20.3. The summed E-state index contributed by atoms with van der Waals surface area (Å²) in [7, 11) is 5.05. The van der Waals surface area contributed by atoms with E-state index in [2.05, 4.69) is 30.3 Å². The number of aromatic hydroxyl groups is 1. The fourth-order valence-electron chi connectivity index (χ4n) is 5.48. The summed E-state index contributed by atoms with van der Waals surface area (Å²) in [6.07, 6.45) is 3.14. The number of hydrogen-bond acceptors (Lipinski definition) is 5. The first-order valence-corrected chi connectivity index (χ1v) is 12.2. The molecule has 0 fully saturated rings. The third kappa shape index (κ3) is 3.54. The Balaban J connectivity index is 1.71. The smallest absolute Gasteiger partial charge is 0.177 e. The van der Waals surface area contributed by atoms with E-state index in [-0.39, 0.29) is 5.75 Å². The molecule has 1 N–H and O–H groups in total. The second-order valence-corrected chi connectivity index (χ2v) is 9.23. The lowest BCUT2D eigenvalue weighted by Gasteiger charge is -2.26. The minimum Gasteiger partial charge on any atom is -0.504 e. The quantitative estimate of drug-likeness (QED) is 0.352. The number of para-hydroxylation sites is 1. The van der Waals surface area contributed by atoms with Crippen LogP contribution in [-0.4, -0.2) is 26.4 Å². The molecule has 182 valence electrons. The molecule has 2 aliphatic rings. The Kier molecular flexibility index (Phi) is 5.48. The third-order valence-corrected chi connectivity index (χ3v) is 7.35. The Bertz CT molecular complexity index is 1490. The second kappa shape index (κ2) is 8.83. The summed E-state index contributed by atoms with van der Waals surface area (Å²) in [5.74, 6) is 3.46. The van der Waals surface area contributed by atoms with Gasteiger partial charge < -0.3 is 24.1 Å². The van der Waals surface area contributed by atoms with Crippen molar-refractivity contribution in [2.75, 3.05) is 21.3 Å². The molecule has 5 heteroatoms. The third-order valence-electron chi connectivity index (χ3n) is 7.35. The molecular formula is C31H28O5. The van der Waals surface area contributed by atoms with Gasteiger partial charge in [-0.25, -0.2) is 0 Å².